The van der Waals surface area contributed by atoms with Gasteiger partial charge in [0.1, 0.15) is 5.82 Å². The molecule has 0 spiro atoms. The van der Waals surface area contributed by atoms with Crippen LogP contribution in [0.3, 0.4) is 0 Å². The van der Waals surface area contributed by atoms with Crippen molar-refractivity contribution in [2.75, 3.05) is 37.8 Å². The van der Waals surface area contributed by atoms with Gasteiger partial charge in [-0.15, -0.1) is 0 Å². The zero-order valence-electron chi connectivity index (χ0n) is 13.6. The largest absolute Gasteiger partial charge is 0.416 e. The molecular formula is C16H20F3N5. The number of hydrogen-bond donors (Lipinski definition) is 2. The highest BCUT2D eigenvalue weighted by Crippen LogP contribution is 2.31. The van der Waals surface area contributed by atoms with Gasteiger partial charge in [0.2, 0.25) is 5.95 Å². The molecule has 0 atom stereocenters. The van der Waals surface area contributed by atoms with E-state index in [0.29, 0.717) is 5.82 Å². The Balaban J connectivity index is 1.99. The maximum Gasteiger partial charge on any atom is 0.416 e. The molecule has 24 heavy (non-hydrogen) atoms. The fraction of sp³-hybridized carbons (Fsp3) is 0.375. The topological polar surface area (TPSA) is 53.1 Å². The molecule has 0 saturated carbocycles. The Bertz CT molecular complexity index is 658. The number of halogens is 3. The van der Waals surface area contributed by atoms with Gasteiger partial charge in [0.25, 0.3) is 0 Å². The third kappa shape index (κ3) is 5.69. The van der Waals surface area contributed by atoms with Crippen LogP contribution in [-0.4, -0.2) is 42.1 Å². The summed E-state index contributed by atoms with van der Waals surface area (Å²) in [6.07, 6.45) is -1.88. The van der Waals surface area contributed by atoms with E-state index in [2.05, 4.69) is 25.5 Å². The van der Waals surface area contributed by atoms with Crippen LogP contribution in [0.15, 0.2) is 36.5 Å². The van der Waals surface area contributed by atoms with E-state index in [1.54, 1.807) is 12.3 Å². The van der Waals surface area contributed by atoms with Gasteiger partial charge in [0.15, 0.2) is 0 Å². The Labute approximate surface area is 138 Å². The smallest absolute Gasteiger partial charge is 0.370 e. The van der Waals surface area contributed by atoms with Gasteiger partial charge in [-0.25, -0.2) is 4.98 Å². The standard InChI is InChI=1S/C16H20F3N5/c1-24(2)10-4-8-20-14-7-9-21-15(23-14)22-13-6-3-5-12(11-13)16(17,18)19/h3,5-7,9,11H,4,8,10H2,1-2H3,(H2,20,21,22,23). The molecule has 0 aliphatic rings. The van der Waals surface area contributed by atoms with E-state index in [4.69, 9.17) is 0 Å². The summed E-state index contributed by atoms with van der Waals surface area (Å²) in [6, 6.07) is 6.65. The average molecular weight is 339 g/mol. The second-order valence-electron chi connectivity index (χ2n) is 5.55. The van der Waals surface area contributed by atoms with Crippen LogP contribution in [0.1, 0.15) is 12.0 Å². The van der Waals surface area contributed by atoms with Crippen LogP contribution in [0.25, 0.3) is 0 Å². The van der Waals surface area contributed by atoms with Crippen LogP contribution in [-0.2, 0) is 6.18 Å². The summed E-state index contributed by atoms with van der Waals surface area (Å²) in [5.41, 5.74) is -0.431. The molecule has 0 amide bonds. The number of rotatable bonds is 7. The SMILES string of the molecule is CN(C)CCCNc1ccnc(Nc2cccc(C(F)(F)F)c2)n1. The first-order chi connectivity index (χ1) is 11.3. The van der Waals surface area contributed by atoms with E-state index in [1.807, 2.05) is 14.1 Å². The van der Waals surface area contributed by atoms with Crippen molar-refractivity contribution < 1.29 is 13.2 Å². The lowest BCUT2D eigenvalue weighted by Gasteiger charge is -2.12. The number of anilines is 3. The Morgan fingerprint density at radius 2 is 1.96 bits per heavy atom. The van der Waals surface area contributed by atoms with E-state index in [-0.39, 0.29) is 11.6 Å². The second kappa shape index (κ2) is 7.96. The second-order valence-corrected chi connectivity index (χ2v) is 5.55. The molecule has 0 aliphatic heterocycles. The van der Waals surface area contributed by atoms with Crippen LogP contribution < -0.4 is 10.6 Å². The van der Waals surface area contributed by atoms with Crippen molar-refractivity contribution >= 4 is 17.5 Å². The number of aromatic nitrogens is 2. The molecule has 1 aromatic heterocycles. The molecule has 5 nitrogen and oxygen atoms in total. The first-order valence-electron chi connectivity index (χ1n) is 7.50. The summed E-state index contributed by atoms with van der Waals surface area (Å²) in [5.74, 6) is 0.866. The summed E-state index contributed by atoms with van der Waals surface area (Å²) in [6.45, 7) is 1.70. The highest BCUT2D eigenvalue weighted by Gasteiger charge is 2.30. The molecule has 8 heteroatoms. The van der Waals surface area contributed by atoms with Crippen molar-refractivity contribution in [3.63, 3.8) is 0 Å². The molecule has 2 rings (SSSR count). The minimum Gasteiger partial charge on any atom is -0.370 e. The Hall–Kier alpha value is -2.35. The van der Waals surface area contributed by atoms with Gasteiger partial charge in [0, 0.05) is 18.4 Å². The molecule has 0 aliphatic carbocycles. The van der Waals surface area contributed by atoms with Crippen molar-refractivity contribution in [1.82, 2.24) is 14.9 Å². The van der Waals surface area contributed by atoms with Gasteiger partial charge in [-0.3, -0.25) is 0 Å². The summed E-state index contributed by atoms with van der Waals surface area (Å²) in [4.78, 5) is 10.4. The van der Waals surface area contributed by atoms with Gasteiger partial charge >= 0.3 is 6.18 Å². The van der Waals surface area contributed by atoms with Crippen molar-refractivity contribution in [1.29, 1.82) is 0 Å². The lowest BCUT2D eigenvalue weighted by molar-refractivity contribution is -0.137. The molecular weight excluding hydrogens is 319 g/mol. The van der Waals surface area contributed by atoms with E-state index in [9.17, 15) is 13.2 Å². The number of alkyl halides is 3. The van der Waals surface area contributed by atoms with Crippen LogP contribution in [0.2, 0.25) is 0 Å². The number of nitrogens with zero attached hydrogens (tertiary/aromatic N) is 3. The molecule has 0 fully saturated rings. The predicted octanol–water partition coefficient (Wildman–Crippen LogP) is 3.60. The van der Waals surface area contributed by atoms with Crippen LogP contribution in [0.4, 0.5) is 30.6 Å². The maximum atomic E-state index is 12.7. The molecule has 1 heterocycles. The highest BCUT2D eigenvalue weighted by molar-refractivity contribution is 5.56. The van der Waals surface area contributed by atoms with Crippen molar-refractivity contribution in [2.45, 2.75) is 12.6 Å². The number of benzene rings is 1. The molecule has 130 valence electrons. The summed E-state index contributed by atoms with van der Waals surface area (Å²) < 4.78 is 38.2. The minimum atomic E-state index is -4.38. The van der Waals surface area contributed by atoms with Gasteiger partial charge in [-0.1, -0.05) is 6.07 Å². The van der Waals surface area contributed by atoms with Crippen molar-refractivity contribution in [2.24, 2.45) is 0 Å². The van der Waals surface area contributed by atoms with Gasteiger partial charge in [-0.2, -0.15) is 18.2 Å². The first kappa shape index (κ1) is 18.0. The lowest BCUT2D eigenvalue weighted by atomic mass is 10.2. The Morgan fingerprint density at radius 3 is 2.67 bits per heavy atom. The summed E-state index contributed by atoms with van der Waals surface area (Å²) in [5, 5.41) is 5.96. The predicted molar refractivity (Wildman–Crippen MR) is 88.4 cm³/mol. The van der Waals surface area contributed by atoms with Crippen molar-refractivity contribution in [3.05, 3.63) is 42.1 Å². The molecule has 0 radical (unpaired) electrons. The van der Waals surface area contributed by atoms with E-state index < -0.39 is 11.7 Å². The molecule has 0 bridgehead atoms. The van der Waals surface area contributed by atoms with Gasteiger partial charge < -0.3 is 15.5 Å². The Morgan fingerprint density at radius 1 is 1.17 bits per heavy atom. The third-order valence-corrected chi connectivity index (χ3v) is 3.19. The zero-order valence-corrected chi connectivity index (χ0v) is 13.6. The first-order valence-corrected chi connectivity index (χ1v) is 7.50. The lowest BCUT2D eigenvalue weighted by Crippen LogP contribution is -2.16. The number of nitrogens with one attached hydrogen (secondary N) is 2. The van der Waals surface area contributed by atoms with E-state index in [0.717, 1.165) is 31.6 Å². The Kier molecular flexibility index (Phi) is 5.97. The van der Waals surface area contributed by atoms with Crippen LogP contribution >= 0.6 is 0 Å². The van der Waals surface area contributed by atoms with E-state index >= 15 is 0 Å². The summed E-state index contributed by atoms with van der Waals surface area (Å²) in [7, 11) is 4.00. The molecule has 0 saturated heterocycles. The van der Waals surface area contributed by atoms with Crippen LogP contribution in [0.5, 0.6) is 0 Å². The molecule has 0 unspecified atom stereocenters. The fourth-order valence-corrected chi connectivity index (χ4v) is 2.03. The van der Waals surface area contributed by atoms with Gasteiger partial charge in [-0.05, 0) is 51.3 Å². The number of hydrogen-bond acceptors (Lipinski definition) is 5. The normalized spacial score (nSPS) is 11.6. The average Bonchev–Trinajstić information content (AvgIpc) is 2.51. The van der Waals surface area contributed by atoms with Gasteiger partial charge in [0.05, 0.1) is 5.56 Å². The zero-order chi connectivity index (χ0) is 17.6. The molecule has 1 aromatic carbocycles. The highest BCUT2D eigenvalue weighted by atomic mass is 19.4. The fourth-order valence-electron chi connectivity index (χ4n) is 2.03. The molecule has 2 N–H and O–H groups in total. The van der Waals surface area contributed by atoms with Crippen LogP contribution in [0, 0.1) is 0 Å². The quantitative estimate of drug-likeness (QED) is 0.755. The maximum absolute atomic E-state index is 12.7. The third-order valence-electron chi connectivity index (χ3n) is 3.19. The monoisotopic (exact) mass is 339 g/mol. The van der Waals surface area contributed by atoms with E-state index in [1.165, 1.54) is 12.1 Å². The molecule has 2 aromatic rings. The minimum absolute atomic E-state index is 0.243. The van der Waals surface area contributed by atoms with Crippen molar-refractivity contribution in [3.8, 4) is 0 Å². The summed E-state index contributed by atoms with van der Waals surface area (Å²) >= 11 is 0.